The largest absolute Gasteiger partial charge is 0.463 e. The van der Waals surface area contributed by atoms with Crippen LogP contribution in [0.5, 0.6) is 0 Å². The van der Waals surface area contributed by atoms with E-state index >= 15 is 0 Å². The predicted octanol–water partition coefficient (Wildman–Crippen LogP) is 3.88. The molecular formula is C29H31N7O3. The third-order valence-electron chi connectivity index (χ3n) is 6.93. The zero-order valence-electron chi connectivity index (χ0n) is 22.0. The Morgan fingerprint density at radius 1 is 1.18 bits per heavy atom. The number of hydrogen-bond acceptors (Lipinski definition) is 8. The van der Waals surface area contributed by atoms with Gasteiger partial charge in [-0.15, -0.1) is 0 Å². The number of anilines is 1. The van der Waals surface area contributed by atoms with Gasteiger partial charge in [-0.05, 0) is 73.9 Å². The first kappa shape index (κ1) is 25.9. The van der Waals surface area contributed by atoms with E-state index in [4.69, 9.17) is 25.7 Å². The first-order valence-electron chi connectivity index (χ1n) is 12.8. The SMILES string of the molecule is CCOC(=O)CO/N=C(/c1ccccn1)C1(c2ccc3c(c2)nc(CNc2ccc(C(=N)N)cc2)n3C)CC1. The number of nitrogens with zero attached hydrogens (tertiary/aromatic N) is 4. The van der Waals surface area contributed by atoms with Crippen molar-refractivity contribution < 1.29 is 14.4 Å². The van der Waals surface area contributed by atoms with Crippen molar-refractivity contribution in [2.45, 2.75) is 31.7 Å². The average Bonchev–Trinajstić information content (AvgIpc) is 3.69. The van der Waals surface area contributed by atoms with Crippen LogP contribution in [0.4, 0.5) is 5.69 Å². The number of aryl methyl sites for hydroxylation is 1. The monoisotopic (exact) mass is 525 g/mol. The summed E-state index contributed by atoms with van der Waals surface area (Å²) in [5.74, 6) is 0.472. The van der Waals surface area contributed by atoms with Crippen molar-refractivity contribution in [3.05, 3.63) is 89.5 Å². The van der Waals surface area contributed by atoms with Crippen molar-refractivity contribution in [2.75, 3.05) is 18.5 Å². The number of pyridine rings is 1. The van der Waals surface area contributed by atoms with E-state index < -0.39 is 5.97 Å². The first-order chi connectivity index (χ1) is 18.9. The van der Waals surface area contributed by atoms with E-state index in [1.807, 2.05) is 49.5 Å². The van der Waals surface area contributed by atoms with Gasteiger partial charge in [-0.25, -0.2) is 9.78 Å². The van der Waals surface area contributed by atoms with Gasteiger partial charge in [-0.1, -0.05) is 17.3 Å². The Balaban J connectivity index is 1.40. The van der Waals surface area contributed by atoms with E-state index in [1.165, 1.54) is 0 Å². The number of carbonyl (C=O) groups excluding carboxylic acids is 1. The molecule has 1 fully saturated rings. The van der Waals surface area contributed by atoms with Gasteiger partial charge >= 0.3 is 5.97 Å². The molecule has 10 nitrogen and oxygen atoms in total. The highest BCUT2D eigenvalue weighted by Crippen LogP contribution is 2.51. The van der Waals surface area contributed by atoms with E-state index in [2.05, 4.69) is 38.2 Å². The van der Waals surface area contributed by atoms with E-state index in [9.17, 15) is 4.79 Å². The van der Waals surface area contributed by atoms with Gasteiger partial charge in [0.15, 0.2) is 0 Å². The van der Waals surface area contributed by atoms with Crippen molar-refractivity contribution >= 4 is 34.2 Å². The third kappa shape index (κ3) is 5.45. The molecule has 0 saturated heterocycles. The summed E-state index contributed by atoms with van der Waals surface area (Å²) in [4.78, 5) is 26.7. The van der Waals surface area contributed by atoms with Crippen LogP contribution in [0.3, 0.4) is 0 Å². The minimum Gasteiger partial charge on any atom is -0.463 e. The maximum Gasteiger partial charge on any atom is 0.347 e. The number of benzene rings is 2. The van der Waals surface area contributed by atoms with Crippen molar-refractivity contribution in [3.63, 3.8) is 0 Å². The maximum atomic E-state index is 11.8. The van der Waals surface area contributed by atoms with Crippen molar-refractivity contribution in [1.82, 2.24) is 14.5 Å². The van der Waals surface area contributed by atoms with Crippen LogP contribution in [-0.2, 0) is 33.4 Å². The summed E-state index contributed by atoms with van der Waals surface area (Å²) in [6, 6.07) is 19.4. The number of imidazole rings is 1. The summed E-state index contributed by atoms with van der Waals surface area (Å²) in [6.07, 6.45) is 3.49. The molecule has 39 heavy (non-hydrogen) atoms. The number of nitrogens with two attached hydrogens (primary N) is 1. The Morgan fingerprint density at radius 2 is 1.97 bits per heavy atom. The first-order valence-corrected chi connectivity index (χ1v) is 12.8. The predicted molar refractivity (Wildman–Crippen MR) is 150 cm³/mol. The number of hydrogen-bond donors (Lipinski definition) is 3. The number of carbonyl (C=O) groups is 1. The van der Waals surface area contributed by atoms with Crippen LogP contribution in [0.15, 0.2) is 72.0 Å². The quantitative estimate of drug-likeness (QED) is 0.117. The Hall–Kier alpha value is -4.73. The van der Waals surface area contributed by atoms with Gasteiger partial charge in [0.05, 0.1) is 29.9 Å². The van der Waals surface area contributed by atoms with Gasteiger partial charge in [-0.2, -0.15) is 0 Å². The minimum atomic E-state index is -0.461. The number of ether oxygens (including phenoxy) is 1. The fraction of sp³-hybridized carbons (Fsp3) is 0.276. The molecule has 0 amide bonds. The zero-order chi connectivity index (χ0) is 27.4. The molecule has 1 saturated carbocycles. The van der Waals surface area contributed by atoms with Crippen LogP contribution in [0.2, 0.25) is 0 Å². The fourth-order valence-corrected chi connectivity index (χ4v) is 4.68. The molecule has 0 bridgehead atoms. The normalized spacial score (nSPS) is 14.2. The number of aromatic nitrogens is 3. The third-order valence-corrected chi connectivity index (χ3v) is 6.93. The highest BCUT2D eigenvalue weighted by atomic mass is 16.7. The van der Waals surface area contributed by atoms with Gasteiger partial charge in [0.25, 0.3) is 0 Å². The molecule has 2 aromatic carbocycles. The van der Waals surface area contributed by atoms with Crippen LogP contribution in [0, 0.1) is 5.41 Å². The lowest BCUT2D eigenvalue weighted by Gasteiger charge is -2.18. The lowest BCUT2D eigenvalue weighted by atomic mass is 9.88. The van der Waals surface area contributed by atoms with Crippen molar-refractivity contribution in [1.29, 1.82) is 5.41 Å². The summed E-state index contributed by atoms with van der Waals surface area (Å²) < 4.78 is 7.04. The summed E-state index contributed by atoms with van der Waals surface area (Å²) in [6.45, 7) is 2.32. The van der Waals surface area contributed by atoms with Crippen LogP contribution >= 0.6 is 0 Å². The molecule has 0 aliphatic heterocycles. The molecule has 2 heterocycles. The second kappa shape index (κ2) is 10.9. The van der Waals surface area contributed by atoms with Crippen LogP contribution in [0.1, 0.15) is 42.4 Å². The molecule has 0 unspecified atom stereocenters. The molecular weight excluding hydrogens is 494 g/mol. The van der Waals surface area contributed by atoms with E-state index in [-0.39, 0.29) is 24.5 Å². The molecule has 4 N–H and O–H groups in total. The standard InChI is InChI=1S/C29H31N7O3/c1-3-38-26(37)18-39-35-27(22-6-4-5-15-32-22)29(13-14-29)20-9-12-24-23(16-20)34-25(36(24)2)17-33-21-10-7-19(8-11-21)28(30)31/h4-12,15-16,33H,3,13-14,17-18H2,1-2H3,(H3,30,31)/b35-27-. The summed E-state index contributed by atoms with van der Waals surface area (Å²) in [7, 11) is 2.00. The average molecular weight is 526 g/mol. The van der Waals surface area contributed by atoms with Gasteiger partial charge in [0, 0.05) is 29.9 Å². The second-order valence-electron chi connectivity index (χ2n) is 9.45. The highest BCUT2D eigenvalue weighted by Gasteiger charge is 2.50. The van der Waals surface area contributed by atoms with Gasteiger partial charge < -0.3 is 25.2 Å². The minimum absolute atomic E-state index is 0.0444. The molecule has 10 heteroatoms. The van der Waals surface area contributed by atoms with Crippen LogP contribution in [0.25, 0.3) is 11.0 Å². The van der Waals surface area contributed by atoms with E-state index in [0.29, 0.717) is 23.5 Å². The molecule has 5 rings (SSSR count). The number of nitrogen functional groups attached to an aromatic ring is 1. The molecule has 1 aliphatic rings. The summed E-state index contributed by atoms with van der Waals surface area (Å²) in [5.41, 5.74) is 11.2. The number of oxime groups is 1. The second-order valence-corrected chi connectivity index (χ2v) is 9.45. The molecule has 200 valence electrons. The summed E-state index contributed by atoms with van der Waals surface area (Å²) in [5, 5.41) is 15.3. The Morgan fingerprint density at radius 3 is 2.64 bits per heavy atom. The Bertz CT molecular complexity index is 1520. The number of rotatable bonds is 11. The number of fused-ring (bicyclic) bond motifs is 1. The maximum absolute atomic E-state index is 11.8. The summed E-state index contributed by atoms with van der Waals surface area (Å²) >= 11 is 0. The number of amidine groups is 1. The van der Waals surface area contributed by atoms with Crippen LogP contribution < -0.4 is 11.1 Å². The highest BCUT2D eigenvalue weighted by molar-refractivity contribution is 6.09. The lowest BCUT2D eigenvalue weighted by Crippen LogP contribution is -2.24. The van der Waals surface area contributed by atoms with E-state index in [1.54, 1.807) is 13.1 Å². The van der Waals surface area contributed by atoms with Crippen molar-refractivity contribution in [2.24, 2.45) is 17.9 Å². The molecule has 2 aromatic heterocycles. The van der Waals surface area contributed by atoms with Gasteiger partial charge in [0.2, 0.25) is 6.61 Å². The zero-order valence-corrected chi connectivity index (χ0v) is 22.0. The van der Waals surface area contributed by atoms with Gasteiger partial charge in [-0.3, -0.25) is 10.4 Å². The number of nitrogens with one attached hydrogen (secondary N) is 2. The molecule has 0 radical (unpaired) electrons. The smallest absolute Gasteiger partial charge is 0.347 e. The molecule has 0 spiro atoms. The lowest BCUT2D eigenvalue weighted by molar-refractivity contribution is -0.148. The Labute approximate surface area is 226 Å². The van der Waals surface area contributed by atoms with E-state index in [0.717, 1.165) is 41.0 Å². The molecule has 1 aliphatic carbocycles. The van der Waals surface area contributed by atoms with Crippen LogP contribution in [-0.4, -0.2) is 45.3 Å². The van der Waals surface area contributed by atoms with Gasteiger partial charge in [0.1, 0.15) is 17.4 Å². The molecule has 0 atom stereocenters. The Kier molecular flexibility index (Phi) is 7.27. The fourth-order valence-electron chi connectivity index (χ4n) is 4.68. The molecule has 4 aromatic rings. The van der Waals surface area contributed by atoms with Crippen molar-refractivity contribution in [3.8, 4) is 0 Å². The number of esters is 1. The topological polar surface area (TPSA) is 141 Å².